The topological polar surface area (TPSA) is 92.3 Å². The molecule has 5 atom stereocenters. The van der Waals surface area contributed by atoms with Gasteiger partial charge in [0.15, 0.2) is 12.4 Å². The first-order valence-corrected chi connectivity index (χ1v) is 13.2. The van der Waals surface area contributed by atoms with Crippen LogP contribution in [-0.2, 0) is 53.1 Å². The minimum absolute atomic E-state index is 0.0633. The van der Waals surface area contributed by atoms with Gasteiger partial charge in [-0.2, -0.15) is 0 Å². The Balaban J connectivity index is 1.64. The van der Waals surface area contributed by atoms with Crippen molar-refractivity contribution in [3.63, 3.8) is 0 Å². The minimum Gasteiger partial charge on any atom is -0.459 e. The summed E-state index contributed by atoms with van der Waals surface area (Å²) < 4.78 is 30.5. The van der Waals surface area contributed by atoms with Crippen LogP contribution in [0, 0.1) is 0 Å². The number of amides is 1. The third-order valence-electron chi connectivity index (χ3n) is 6.33. The van der Waals surface area contributed by atoms with Crippen molar-refractivity contribution in [2.75, 3.05) is 6.61 Å². The number of benzene rings is 3. The molecule has 0 unspecified atom stereocenters. The number of hydrogen-bond acceptors (Lipinski definition) is 7. The normalized spacial score (nSPS) is 22.3. The lowest BCUT2D eigenvalue weighted by Crippen LogP contribution is -2.66. The fourth-order valence-electron chi connectivity index (χ4n) is 4.44. The first-order valence-electron chi connectivity index (χ1n) is 13.2. The van der Waals surface area contributed by atoms with Crippen molar-refractivity contribution in [1.29, 1.82) is 0 Å². The fourth-order valence-corrected chi connectivity index (χ4v) is 4.44. The minimum atomic E-state index is -1.19. The fraction of sp³-hybridized carbons (Fsp3) is 0.312. The summed E-state index contributed by atoms with van der Waals surface area (Å²) in [5.41, 5.74) is 2.66. The SMILES string of the molecule is C=CCO[C@@H]1O[C@@H](C(=O)OCc2ccccc2)[C@H](OCc2ccccc2)[C@H](OCc2ccccc2)[C@H]1NC(C)=O. The monoisotopic (exact) mass is 545 g/mol. The number of esters is 1. The van der Waals surface area contributed by atoms with Gasteiger partial charge in [-0.1, -0.05) is 97.1 Å². The van der Waals surface area contributed by atoms with Crippen LogP contribution in [0.5, 0.6) is 0 Å². The van der Waals surface area contributed by atoms with Gasteiger partial charge in [0.25, 0.3) is 0 Å². The summed E-state index contributed by atoms with van der Waals surface area (Å²) in [6, 6.07) is 27.8. The van der Waals surface area contributed by atoms with Crippen molar-refractivity contribution >= 4 is 11.9 Å². The van der Waals surface area contributed by atoms with Crippen LogP contribution in [-0.4, -0.2) is 49.1 Å². The molecule has 0 saturated carbocycles. The quantitative estimate of drug-likeness (QED) is 0.252. The van der Waals surface area contributed by atoms with E-state index < -0.39 is 36.6 Å². The molecule has 210 valence electrons. The van der Waals surface area contributed by atoms with E-state index in [4.69, 9.17) is 23.7 Å². The molecule has 1 aliphatic heterocycles. The molecule has 0 aromatic heterocycles. The van der Waals surface area contributed by atoms with Crippen LogP contribution >= 0.6 is 0 Å². The number of ether oxygens (including phenoxy) is 5. The highest BCUT2D eigenvalue weighted by Gasteiger charge is 2.51. The lowest BCUT2D eigenvalue weighted by Gasteiger charge is -2.45. The molecule has 8 heteroatoms. The van der Waals surface area contributed by atoms with E-state index >= 15 is 0 Å². The molecule has 1 saturated heterocycles. The van der Waals surface area contributed by atoms with Crippen molar-refractivity contribution in [3.8, 4) is 0 Å². The summed E-state index contributed by atoms with van der Waals surface area (Å²) in [6.45, 7) is 5.71. The van der Waals surface area contributed by atoms with E-state index in [-0.39, 0.29) is 32.3 Å². The smallest absolute Gasteiger partial charge is 0.338 e. The highest BCUT2D eigenvalue weighted by molar-refractivity contribution is 5.76. The van der Waals surface area contributed by atoms with E-state index in [9.17, 15) is 9.59 Å². The molecule has 0 radical (unpaired) electrons. The van der Waals surface area contributed by atoms with Gasteiger partial charge in [0.2, 0.25) is 5.91 Å². The molecular weight excluding hydrogens is 510 g/mol. The molecule has 1 heterocycles. The van der Waals surface area contributed by atoms with Crippen LogP contribution in [0.15, 0.2) is 104 Å². The number of hydrogen-bond donors (Lipinski definition) is 1. The Morgan fingerprint density at radius 3 is 1.77 bits per heavy atom. The Morgan fingerprint density at radius 1 is 0.775 bits per heavy atom. The number of carbonyl (C=O) groups excluding carboxylic acids is 2. The zero-order valence-electron chi connectivity index (χ0n) is 22.5. The average molecular weight is 546 g/mol. The Hall–Kier alpha value is -3.82. The van der Waals surface area contributed by atoms with Gasteiger partial charge >= 0.3 is 5.97 Å². The van der Waals surface area contributed by atoms with Gasteiger partial charge in [-0.15, -0.1) is 6.58 Å². The molecule has 1 amide bonds. The summed E-state index contributed by atoms with van der Waals surface area (Å²) in [5, 5.41) is 2.89. The van der Waals surface area contributed by atoms with Gasteiger partial charge in [-0.05, 0) is 16.7 Å². The molecule has 0 aliphatic carbocycles. The molecule has 8 nitrogen and oxygen atoms in total. The molecule has 0 bridgehead atoms. The first kappa shape index (κ1) is 29.2. The van der Waals surface area contributed by atoms with Crippen LogP contribution < -0.4 is 5.32 Å². The van der Waals surface area contributed by atoms with E-state index in [1.54, 1.807) is 6.08 Å². The highest BCUT2D eigenvalue weighted by Crippen LogP contribution is 2.30. The van der Waals surface area contributed by atoms with Gasteiger partial charge < -0.3 is 29.0 Å². The van der Waals surface area contributed by atoms with Gasteiger partial charge in [0, 0.05) is 6.92 Å². The Labute approximate surface area is 234 Å². The second-order valence-electron chi connectivity index (χ2n) is 9.39. The molecular formula is C32H35NO7. The van der Waals surface area contributed by atoms with E-state index in [1.165, 1.54) is 6.92 Å². The predicted molar refractivity (Wildman–Crippen MR) is 149 cm³/mol. The maximum Gasteiger partial charge on any atom is 0.338 e. The largest absolute Gasteiger partial charge is 0.459 e. The standard InChI is InChI=1S/C32H35NO7/c1-3-19-36-32-27(33-23(2)34)28(37-20-24-13-7-4-8-14-24)29(38-21-25-15-9-5-10-16-25)30(40-32)31(35)39-22-26-17-11-6-12-18-26/h3-18,27-30,32H,1,19-22H2,2H3,(H,33,34)/t27-,28-,29-,30-,32-/m1/s1. The Bertz CT molecular complexity index is 1210. The van der Waals surface area contributed by atoms with Crippen LogP contribution in [0.4, 0.5) is 0 Å². The molecule has 3 aromatic carbocycles. The van der Waals surface area contributed by atoms with Crippen molar-refractivity contribution in [2.45, 2.75) is 57.4 Å². The lowest BCUT2D eigenvalue weighted by atomic mass is 9.95. The number of carbonyl (C=O) groups is 2. The number of rotatable bonds is 13. The second-order valence-corrected chi connectivity index (χ2v) is 9.39. The predicted octanol–water partition coefficient (Wildman–Crippen LogP) is 4.33. The van der Waals surface area contributed by atoms with E-state index in [2.05, 4.69) is 11.9 Å². The zero-order valence-corrected chi connectivity index (χ0v) is 22.5. The molecule has 3 aromatic rings. The zero-order chi connectivity index (χ0) is 28.2. The lowest BCUT2D eigenvalue weighted by molar-refractivity contribution is -0.280. The van der Waals surface area contributed by atoms with Gasteiger partial charge in [-0.3, -0.25) is 4.79 Å². The van der Waals surface area contributed by atoms with Crippen LogP contribution in [0.2, 0.25) is 0 Å². The van der Waals surface area contributed by atoms with E-state index in [1.807, 2.05) is 91.0 Å². The maximum absolute atomic E-state index is 13.5. The highest BCUT2D eigenvalue weighted by atomic mass is 16.7. The summed E-state index contributed by atoms with van der Waals surface area (Å²) in [7, 11) is 0. The first-order chi connectivity index (χ1) is 19.5. The molecule has 40 heavy (non-hydrogen) atoms. The van der Waals surface area contributed by atoms with Crippen LogP contribution in [0.1, 0.15) is 23.6 Å². The van der Waals surface area contributed by atoms with Crippen LogP contribution in [0.25, 0.3) is 0 Å². The van der Waals surface area contributed by atoms with Crippen LogP contribution in [0.3, 0.4) is 0 Å². The summed E-state index contributed by atoms with van der Waals surface area (Å²) in [5.74, 6) is -0.926. The number of nitrogens with one attached hydrogen (secondary N) is 1. The van der Waals surface area contributed by atoms with E-state index in [0.717, 1.165) is 16.7 Å². The van der Waals surface area contributed by atoms with Gasteiger partial charge in [0.1, 0.15) is 24.9 Å². The van der Waals surface area contributed by atoms with Gasteiger partial charge in [0.05, 0.1) is 19.8 Å². The third-order valence-corrected chi connectivity index (χ3v) is 6.33. The molecule has 1 fully saturated rings. The molecule has 1 aliphatic rings. The second kappa shape index (κ2) is 15.1. The third kappa shape index (κ3) is 8.34. The Morgan fingerprint density at radius 2 is 1.27 bits per heavy atom. The van der Waals surface area contributed by atoms with Crippen molar-refractivity contribution < 1.29 is 33.3 Å². The summed E-state index contributed by atoms with van der Waals surface area (Å²) in [6.07, 6.45) is -2.38. The van der Waals surface area contributed by atoms with E-state index in [0.29, 0.717) is 0 Å². The Kier molecular flexibility index (Phi) is 11.0. The molecule has 0 spiro atoms. The average Bonchev–Trinajstić information content (AvgIpc) is 2.98. The van der Waals surface area contributed by atoms with Crippen molar-refractivity contribution in [1.82, 2.24) is 5.32 Å². The van der Waals surface area contributed by atoms with Gasteiger partial charge in [-0.25, -0.2) is 4.79 Å². The van der Waals surface area contributed by atoms with Crippen molar-refractivity contribution in [3.05, 3.63) is 120 Å². The maximum atomic E-state index is 13.5. The van der Waals surface area contributed by atoms with Crippen molar-refractivity contribution in [2.24, 2.45) is 0 Å². The summed E-state index contributed by atoms with van der Waals surface area (Å²) >= 11 is 0. The molecule has 1 N–H and O–H groups in total. The molecule has 4 rings (SSSR count). The summed E-state index contributed by atoms with van der Waals surface area (Å²) in [4.78, 5) is 25.8.